The summed E-state index contributed by atoms with van der Waals surface area (Å²) in [6.45, 7) is 3.55. The molecule has 0 aliphatic carbocycles. The third kappa shape index (κ3) is 1.57. The van der Waals surface area contributed by atoms with E-state index in [1.165, 1.54) is 0 Å². The normalized spacial score (nSPS) is 12.4. The van der Waals surface area contributed by atoms with Crippen LogP contribution < -0.4 is 11.5 Å². The summed E-state index contributed by atoms with van der Waals surface area (Å²) < 4.78 is 0. The second-order valence-corrected chi connectivity index (χ2v) is 2.58. The van der Waals surface area contributed by atoms with E-state index in [-0.39, 0.29) is 11.8 Å². The van der Waals surface area contributed by atoms with Gasteiger partial charge in [0.15, 0.2) is 0 Å². The van der Waals surface area contributed by atoms with Crippen LogP contribution in [0.3, 0.4) is 0 Å². The Kier molecular flexibility index (Phi) is 2.35. The minimum absolute atomic E-state index is 0.0600. The van der Waals surface area contributed by atoms with Crippen LogP contribution in [0.2, 0.25) is 0 Å². The van der Waals surface area contributed by atoms with E-state index in [0.29, 0.717) is 5.69 Å². The molecule has 0 fully saturated rings. The maximum Gasteiger partial charge on any atom is 0.138 e. The molecular weight excluding hydrogens is 152 g/mol. The van der Waals surface area contributed by atoms with E-state index in [4.69, 9.17) is 11.5 Å². The van der Waals surface area contributed by atoms with Crippen molar-refractivity contribution < 1.29 is 5.11 Å². The fraction of sp³-hybridized carbons (Fsp3) is 0.111. The molecule has 0 saturated carbocycles. The molecule has 0 aliphatic rings. The predicted octanol–water partition coefficient (Wildman–Crippen LogP) is 1.16. The van der Waals surface area contributed by atoms with Gasteiger partial charge < -0.3 is 16.6 Å². The van der Waals surface area contributed by atoms with Crippen LogP contribution in [-0.2, 0) is 0 Å². The maximum absolute atomic E-state index is 9.23. The smallest absolute Gasteiger partial charge is 0.138 e. The monoisotopic (exact) mass is 164 g/mol. The Morgan fingerprint density at radius 1 is 1.50 bits per heavy atom. The first kappa shape index (κ1) is 8.62. The molecule has 1 aromatic carbocycles. The molecule has 64 valence electrons. The molecule has 0 spiro atoms. The third-order valence-corrected chi connectivity index (χ3v) is 1.69. The summed E-state index contributed by atoms with van der Waals surface area (Å²) in [4.78, 5) is 0. The predicted molar refractivity (Wildman–Crippen MR) is 49.6 cm³/mol. The number of nitrogens with two attached hydrogens (primary N) is 2. The van der Waals surface area contributed by atoms with Crippen LogP contribution >= 0.6 is 0 Å². The Morgan fingerprint density at radius 3 is 2.67 bits per heavy atom. The molecule has 1 rings (SSSR count). The molecule has 0 radical (unpaired) electrons. The molecule has 1 atom stereocenters. The first-order valence-electron chi connectivity index (χ1n) is 3.61. The second-order valence-electron chi connectivity index (χ2n) is 2.58. The highest BCUT2D eigenvalue weighted by Crippen LogP contribution is 2.23. The van der Waals surface area contributed by atoms with Crippen LogP contribution in [0.25, 0.3) is 0 Å². The van der Waals surface area contributed by atoms with E-state index in [9.17, 15) is 5.11 Å². The van der Waals surface area contributed by atoms with Gasteiger partial charge in [0, 0.05) is 6.04 Å². The fourth-order valence-electron chi connectivity index (χ4n) is 0.904. The van der Waals surface area contributed by atoms with Gasteiger partial charge in [0.05, 0.1) is 5.69 Å². The van der Waals surface area contributed by atoms with Crippen molar-refractivity contribution in [3.8, 4) is 5.75 Å². The Hall–Kier alpha value is -1.48. The average molecular weight is 164 g/mol. The Morgan fingerprint density at radius 2 is 2.17 bits per heavy atom. The quantitative estimate of drug-likeness (QED) is 0.349. The summed E-state index contributed by atoms with van der Waals surface area (Å²) in [7, 11) is 0. The zero-order valence-electron chi connectivity index (χ0n) is 6.70. The number of hydrogen-bond donors (Lipinski definition) is 3. The lowest BCUT2D eigenvalue weighted by molar-refractivity contribution is 0.477. The van der Waals surface area contributed by atoms with Crippen molar-refractivity contribution in [2.75, 3.05) is 5.73 Å². The van der Waals surface area contributed by atoms with Gasteiger partial charge in [-0.25, -0.2) is 0 Å². The highest BCUT2D eigenvalue weighted by Gasteiger charge is 2.03. The molecule has 3 nitrogen and oxygen atoms in total. The molecule has 12 heavy (non-hydrogen) atoms. The molecule has 0 heterocycles. The van der Waals surface area contributed by atoms with Crippen LogP contribution in [0.15, 0.2) is 30.9 Å². The standard InChI is InChI=1S/C9H12N2O/c1-2-7(10)6-3-4-8(11)9(12)5-6/h2-5,7,12H,1,10-11H2/t7-/m1/s1. The van der Waals surface area contributed by atoms with Crippen molar-refractivity contribution in [3.63, 3.8) is 0 Å². The highest BCUT2D eigenvalue weighted by atomic mass is 16.3. The number of phenolic OH excluding ortho intramolecular Hbond substituents is 1. The molecule has 0 aromatic heterocycles. The SMILES string of the molecule is C=C[C@@H](N)c1ccc(N)c(O)c1. The van der Waals surface area contributed by atoms with Crippen LogP contribution in [0.4, 0.5) is 5.69 Å². The van der Waals surface area contributed by atoms with Crippen LogP contribution in [-0.4, -0.2) is 5.11 Å². The van der Waals surface area contributed by atoms with Crippen LogP contribution in [0.1, 0.15) is 11.6 Å². The van der Waals surface area contributed by atoms with Gasteiger partial charge in [-0.05, 0) is 17.7 Å². The van der Waals surface area contributed by atoms with Crippen molar-refractivity contribution in [1.29, 1.82) is 0 Å². The summed E-state index contributed by atoms with van der Waals surface area (Å²) in [5.41, 5.74) is 12.2. The number of phenols is 1. The number of anilines is 1. The highest BCUT2D eigenvalue weighted by molar-refractivity contribution is 5.53. The lowest BCUT2D eigenvalue weighted by Crippen LogP contribution is -2.06. The molecule has 3 heteroatoms. The summed E-state index contributed by atoms with van der Waals surface area (Å²) >= 11 is 0. The molecule has 1 aromatic rings. The van der Waals surface area contributed by atoms with E-state index in [2.05, 4.69) is 6.58 Å². The summed E-state index contributed by atoms with van der Waals surface area (Å²) in [5, 5.41) is 9.23. The molecule has 0 bridgehead atoms. The topological polar surface area (TPSA) is 72.3 Å². The Balaban J connectivity index is 3.04. The number of benzene rings is 1. The van der Waals surface area contributed by atoms with Gasteiger partial charge in [0.2, 0.25) is 0 Å². The minimum Gasteiger partial charge on any atom is -0.506 e. The Labute approximate surface area is 71.3 Å². The zero-order valence-corrected chi connectivity index (χ0v) is 6.70. The molecule has 0 saturated heterocycles. The van der Waals surface area contributed by atoms with Crippen LogP contribution in [0.5, 0.6) is 5.75 Å². The zero-order chi connectivity index (χ0) is 9.14. The van der Waals surface area contributed by atoms with Crippen LogP contribution in [0, 0.1) is 0 Å². The van der Waals surface area contributed by atoms with Gasteiger partial charge in [-0.1, -0.05) is 12.1 Å². The van der Waals surface area contributed by atoms with Gasteiger partial charge in [0.25, 0.3) is 0 Å². The number of aromatic hydroxyl groups is 1. The first-order valence-corrected chi connectivity index (χ1v) is 3.61. The van der Waals surface area contributed by atoms with E-state index >= 15 is 0 Å². The van der Waals surface area contributed by atoms with Gasteiger partial charge in [-0.3, -0.25) is 0 Å². The van der Waals surface area contributed by atoms with E-state index in [1.807, 2.05) is 0 Å². The number of rotatable bonds is 2. The summed E-state index contributed by atoms with van der Waals surface area (Å²) in [6.07, 6.45) is 1.60. The molecule has 0 unspecified atom stereocenters. The molecule has 0 amide bonds. The summed E-state index contributed by atoms with van der Waals surface area (Å²) in [5.74, 6) is 0.0600. The second kappa shape index (κ2) is 3.28. The fourth-order valence-corrected chi connectivity index (χ4v) is 0.904. The number of nitrogen functional groups attached to an aromatic ring is 1. The summed E-state index contributed by atoms with van der Waals surface area (Å²) in [6, 6.07) is 4.67. The number of hydrogen-bond acceptors (Lipinski definition) is 3. The van der Waals surface area contributed by atoms with Gasteiger partial charge in [-0.15, -0.1) is 6.58 Å². The molecule has 0 aliphatic heterocycles. The largest absolute Gasteiger partial charge is 0.506 e. The van der Waals surface area contributed by atoms with Crippen molar-refractivity contribution >= 4 is 5.69 Å². The lowest BCUT2D eigenvalue weighted by atomic mass is 10.1. The first-order chi connectivity index (χ1) is 5.65. The lowest BCUT2D eigenvalue weighted by Gasteiger charge is -2.07. The van der Waals surface area contributed by atoms with Gasteiger partial charge in [0.1, 0.15) is 5.75 Å². The Bertz CT molecular complexity index is 297. The van der Waals surface area contributed by atoms with E-state index in [0.717, 1.165) is 5.56 Å². The van der Waals surface area contributed by atoms with E-state index in [1.54, 1.807) is 24.3 Å². The van der Waals surface area contributed by atoms with Gasteiger partial charge in [-0.2, -0.15) is 0 Å². The maximum atomic E-state index is 9.23. The molecule has 5 N–H and O–H groups in total. The average Bonchev–Trinajstić information content (AvgIpc) is 2.08. The van der Waals surface area contributed by atoms with Gasteiger partial charge >= 0.3 is 0 Å². The molecular formula is C9H12N2O. The minimum atomic E-state index is -0.253. The third-order valence-electron chi connectivity index (χ3n) is 1.69. The van der Waals surface area contributed by atoms with Crippen molar-refractivity contribution in [2.45, 2.75) is 6.04 Å². The van der Waals surface area contributed by atoms with Crippen molar-refractivity contribution in [2.24, 2.45) is 5.73 Å². The van der Waals surface area contributed by atoms with Crippen molar-refractivity contribution in [3.05, 3.63) is 36.4 Å². The van der Waals surface area contributed by atoms with Crippen molar-refractivity contribution in [1.82, 2.24) is 0 Å². The van der Waals surface area contributed by atoms with E-state index < -0.39 is 0 Å².